The maximum Gasteiger partial charge on any atom is 0.118 e. The highest BCUT2D eigenvalue weighted by Gasteiger charge is 2.18. The summed E-state index contributed by atoms with van der Waals surface area (Å²) >= 11 is 0. The fourth-order valence-corrected chi connectivity index (χ4v) is 2.64. The minimum atomic E-state index is 0.915. The molecule has 0 bridgehead atoms. The summed E-state index contributed by atoms with van der Waals surface area (Å²) in [4.78, 5) is 2.52. The third-order valence-electron chi connectivity index (χ3n) is 3.95. The van der Waals surface area contributed by atoms with Crippen LogP contribution in [0.15, 0.2) is 16.7 Å². The average Bonchev–Trinajstić information content (AvgIpc) is 2.85. The van der Waals surface area contributed by atoms with Crippen molar-refractivity contribution in [1.82, 2.24) is 10.2 Å². The molecule has 0 atom stereocenters. The van der Waals surface area contributed by atoms with Crippen molar-refractivity contribution in [3.63, 3.8) is 0 Å². The first-order valence-electron chi connectivity index (χ1n) is 7.31. The van der Waals surface area contributed by atoms with E-state index in [-0.39, 0.29) is 0 Å². The Morgan fingerprint density at radius 1 is 1.33 bits per heavy atom. The molecule has 0 aromatic carbocycles. The van der Waals surface area contributed by atoms with Gasteiger partial charge in [0.15, 0.2) is 0 Å². The van der Waals surface area contributed by atoms with Crippen LogP contribution in [0.2, 0.25) is 0 Å². The maximum atomic E-state index is 5.64. The van der Waals surface area contributed by atoms with Crippen LogP contribution < -0.4 is 5.32 Å². The van der Waals surface area contributed by atoms with E-state index in [0.717, 1.165) is 31.3 Å². The van der Waals surface area contributed by atoms with Gasteiger partial charge >= 0.3 is 0 Å². The number of nitrogens with one attached hydrogen (secondary N) is 1. The van der Waals surface area contributed by atoms with Gasteiger partial charge in [-0.15, -0.1) is 0 Å². The van der Waals surface area contributed by atoms with E-state index in [0.29, 0.717) is 0 Å². The summed E-state index contributed by atoms with van der Waals surface area (Å²) in [6.45, 7) is 9.77. The number of piperidine rings is 1. The molecule has 0 amide bonds. The minimum Gasteiger partial charge on any atom is -0.468 e. The fourth-order valence-electron chi connectivity index (χ4n) is 2.64. The van der Waals surface area contributed by atoms with Gasteiger partial charge in [0.05, 0.1) is 12.8 Å². The fraction of sp³-hybridized carbons (Fsp3) is 0.733. The van der Waals surface area contributed by atoms with Gasteiger partial charge in [0, 0.05) is 12.1 Å². The lowest BCUT2D eigenvalue weighted by molar-refractivity contribution is 0.164. The van der Waals surface area contributed by atoms with E-state index in [4.69, 9.17) is 4.42 Å². The van der Waals surface area contributed by atoms with E-state index in [9.17, 15) is 0 Å². The van der Waals surface area contributed by atoms with Gasteiger partial charge in [-0.1, -0.05) is 20.3 Å². The second kappa shape index (κ2) is 6.95. The van der Waals surface area contributed by atoms with Gasteiger partial charge in [0.25, 0.3) is 0 Å². The molecule has 1 aromatic rings. The summed E-state index contributed by atoms with van der Waals surface area (Å²) < 4.78 is 5.64. The van der Waals surface area contributed by atoms with Gasteiger partial charge in [-0.05, 0) is 44.5 Å². The Bertz CT molecular complexity index is 340. The first-order chi connectivity index (χ1) is 8.81. The van der Waals surface area contributed by atoms with E-state index in [1.54, 1.807) is 0 Å². The monoisotopic (exact) mass is 250 g/mol. The summed E-state index contributed by atoms with van der Waals surface area (Å²) in [5, 5.41) is 3.32. The van der Waals surface area contributed by atoms with Gasteiger partial charge in [0.2, 0.25) is 0 Å². The predicted molar refractivity (Wildman–Crippen MR) is 74.4 cm³/mol. The Morgan fingerprint density at radius 3 is 2.78 bits per heavy atom. The van der Waals surface area contributed by atoms with Crippen molar-refractivity contribution in [2.75, 3.05) is 19.6 Å². The summed E-state index contributed by atoms with van der Waals surface area (Å²) in [6.07, 6.45) is 5.92. The number of hydrogen-bond acceptors (Lipinski definition) is 3. The normalized spacial score (nSPS) is 18.3. The van der Waals surface area contributed by atoms with Crippen LogP contribution >= 0.6 is 0 Å². The maximum absolute atomic E-state index is 5.64. The lowest BCUT2D eigenvalue weighted by atomic mass is 9.94. The van der Waals surface area contributed by atoms with E-state index >= 15 is 0 Å². The van der Waals surface area contributed by atoms with Crippen molar-refractivity contribution in [3.05, 3.63) is 23.7 Å². The van der Waals surface area contributed by atoms with Crippen molar-refractivity contribution in [2.24, 2.45) is 5.92 Å². The molecule has 1 aromatic heterocycles. The molecular formula is C15H26N2O. The molecule has 0 aliphatic carbocycles. The number of rotatable bonds is 6. The van der Waals surface area contributed by atoms with Crippen LogP contribution in [0, 0.1) is 5.92 Å². The third kappa shape index (κ3) is 3.85. The van der Waals surface area contributed by atoms with Crippen LogP contribution in [0.25, 0.3) is 0 Å². The summed E-state index contributed by atoms with van der Waals surface area (Å²) in [6, 6.07) is 2.19. The SMILES string of the molecule is CCNCc1coc(CN2CCC(CC)CC2)c1. The summed E-state index contributed by atoms with van der Waals surface area (Å²) in [5.41, 5.74) is 1.26. The molecule has 0 radical (unpaired) electrons. The molecule has 1 fully saturated rings. The predicted octanol–water partition coefficient (Wildman–Crippen LogP) is 3.01. The molecule has 0 saturated carbocycles. The average molecular weight is 250 g/mol. The molecule has 2 heterocycles. The lowest BCUT2D eigenvalue weighted by Crippen LogP contribution is -2.32. The van der Waals surface area contributed by atoms with Crippen molar-refractivity contribution in [2.45, 2.75) is 46.2 Å². The molecule has 1 N–H and O–H groups in total. The number of likely N-dealkylation sites (tertiary alicyclic amines) is 1. The molecule has 0 spiro atoms. The van der Waals surface area contributed by atoms with Crippen LogP contribution in [-0.4, -0.2) is 24.5 Å². The Balaban J connectivity index is 1.77. The molecule has 1 aliphatic heterocycles. The number of furan rings is 1. The second-order valence-electron chi connectivity index (χ2n) is 5.33. The Labute approximate surface area is 111 Å². The Kier molecular flexibility index (Phi) is 5.26. The zero-order valence-corrected chi connectivity index (χ0v) is 11.7. The highest BCUT2D eigenvalue weighted by Crippen LogP contribution is 2.21. The molecule has 2 rings (SSSR count). The first kappa shape index (κ1) is 13.6. The number of hydrogen-bond donors (Lipinski definition) is 1. The van der Waals surface area contributed by atoms with Gasteiger partial charge in [-0.25, -0.2) is 0 Å². The topological polar surface area (TPSA) is 28.4 Å². The smallest absolute Gasteiger partial charge is 0.118 e. The summed E-state index contributed by atoms with van der Waals surface area (Å²) in [7, 11) is 0. The lowest BCUT2D eigenvalue weighted by Gasteiger charge is -2.30. The van der Waals surface area contributed by atoms with Gasteiger partial charge in [-0.2, -0.15) is 0 Å². The van der Waals surface area contributed by atoms with Crippen LogP contribution in [0.5, 0.6) is 0 Å². The van der Waals surface area contributed by atoms with Crippen LogP contribution in [0.4, 0.5) is 0 Å². The van der Waals surface area contributed by atoms with Crippen LogP contribution in [0.3, 0.4) is 0 Å². The second-order valence-corrected chi connectivity index (χ2v) is 5.33. The molecule has 3 nitrogen and oxygen atoms in total. The molecule has 1 aliphatic rings. The quantitative estimate of drug-likeness (QED) is 0.841. The van der Waals surface area contributed by atoms with Crippen molar-refractivity contribution >= 4 is 0 Å². The Morgan fingerprint density at radius 2 is 2.11 bits per heavy atom. The Hall–Kier alpha value is -0.800. The molecule has 3 heteroatoms. The highest BCUT2D eigenvalue weighted by atomic mass is 16.3. The first-order valence-corrected chi connectivity index (χ1v) is 7.31. The molecule has 102 valence electrons. The number of nitrogens with zero attached hydrogens (tertiary/aromatic N) is 1. The molecular weight excluding hydrogens is 224 g/mol. The standard InChI is InChI=1S/C15H26N2O/c1-3-13-5-7-17(8-6-13)11-15-9-14(12-18-15)10-16-4-2/h9,12-13,16H,3-8,10-11H2,1-2H3. The molecule has 0 unspecified atom stereocenters. The molecule has 18 heavy (non-hydrogen) atoms. The van der Waals surface area contributed by atoms with E-state index < -0.39 is 0 Å². The van der Waals surface area contributed by atoms with Crippen LogP contribution in [-0.2, 0) is 13.1 Å². The van der Waals surface area contributed by atoms with E-state index in [2.05, 4.69) is 30.1 Å². The highest BCUT2D eigenvalue weighted by molar-refractivity contribution is 5.12. The minimum absolute atomic E-state index is 0.915. The zero-order valence-electron chi connectivity index (χ0n) is 11.7. The van der Waals surface area contributed by atoms with Crippen molar-refractivity contribution < 1.29 is 4.42 Å². The van der Waals surface area contributed by atoms with Gasteiger partial charge in [0.1, 0.15) is 5.76 Å². The van der Waals surface area contributed by atoms with Gasteiger partial charge in [-0.3, -0.25) is 4.90 Å². The third-order valence-corrected chi connectivity index (χ3v) is 3.95. The van der Waals surface area contributed by atoms with Crippen molar-refractivity contribution in [3.8, 4) is 0 Å². The van der Waals surface area contributed by atoms with E-state index in [1.165, 1.54) is 37.9 Å². The zero-order chi connectivity index (χ0) is 12.8. The molecule has 1 saturated heterocycles. The van der Waals surface area contributed by atoms with E-state index in [1.807, 2.05) is 6.26 Å². The van der Waals surface area contributed by atoms with Crippen molar-refractivity contribution in [1.29, 1.82) is 0 Å². The van der Waals surface area contributed by atoms with Crippen LogP contribution in [0.1, 0.15) is 44.4 Å². The largest absolute Gasteiger partial charge is 0.468 e. The van der Waals surface area contributed by atoms with Gasteiger partial charge < -0.3 is 9.73 Å². The summed E-state index contributed by atoms with van der Waals surface area (Å²) in [5.74, 6) is 2.06.